The fourth-order valence-electron chi connectivity index (χ4n) is 0.681. The van der Waals surface area contributed by atoms with E-state index in [1.165, 1.54) is 12.1 Å². The molecule has 0 heterocycles. The lowest BCUT2D eigenvalue weighted by Gasteiger charge is -1.97. The summed E-state index contributed by atoms with van der Waals surface area (Å²) in [7, 11) is 0. The van der Waals surface area contributed by atoms with Gasteiger partial charge in [-0.1, -0.05) is 0 Å². The molecule has 0 aliphatic carbocycles. The van der Waals surface area contributed by atoms with E-state index in [0.29, 0.717) is 11.4 Å². The average molecular weight is 185 g/mol. The molecule has 5 heteroatoms. The topological polar surface area (TPSA) is 62.5 Å². The van der Waals surface area contributed by atoms with Gasteiger partial charge in [0.1, 0.15) is 5.75 Å². The highest BCUT2D eigenvalue weighted by Gasteiger charge is 1.98. The van der Waals surface area contributed by atoms with Crippen LogP contribution >= 0.6 is 11.6 Å². The number of hydrogen-bond donors (Lipinski definition) is 1. The first-order chi connectivity index (χ1) is 5.72. The fraction of sp³-hybridized carbons (Fsp3) is 0. The lowest BCUT2D eigenvalue weighted by molar-refractivity contribution is 0.225. The summed E-state index contributed by atoms with van der Waals surface area (Å²) in [4.78, 5) is 10.3. The minimum absolute atomic E-state index is 0.336. The molecule has 1 aromatic rings. The number of nitrogens with one attached hydrogen (secondary N) is 1. The minimum Gasteiger partial charge on any atom is -0.415 e. The van der Waals surface area contributed by atoms with Crippen molar-refractivity contribution in [2.75, 3.05) is 0 Å². The largest absolute Gasteiger partial charge is 0.415 e. The Balaban J connectivity index is 2.77. The van der Waals surface area contributed by atoms with Gasteiger partial charge >= 0.3 is 5.43 Å². The van der Waals surface area contributed by atoms with E-state index in [2.05, 4.69) is 9.85 Å². The van der Waals surface area contributed by atoms with Crippen LogP contribution in [0.4, 0.5) is 10.5 Å². The molecular weight excluding hydrogens is 180 g/mol. The molecule has 0 saturated carbocycles. The Labute approximate surface area is 73.6 Å². The van der Waals surface area contributed by atoms with Gasteiger partial charge in [0, 0.05) is 11.6 Å². The van der Waals surface area contributed by atoms with E-state index in [-0.39, 0.29) is 0 Å². The second-order valence-electron chi connectivity index (χ2n) is 1.95. The van der Waals surface area contributed by atoms with Crippen molar-refractivity contribution < 1.29 is 9.53 Å². The Morgan fingerprint density at radius 2 is 2.00 bits per heavy atom. The number of rotatable bonds is 2. The second-order valence-corrected chi connectivity index (χ2v) is 2.25. The van der Waals surface area contributed by atoms with Gasteiger partial charge in [-0.3, -0.25) is 0 Å². The summed E-state index contributed by atoms with van der Waals surface area (Å²) < 4.78 is 4.54. The number of carbonyl (C=O) groups is 1. The third-order valence-electron chi connectivity index (χ3n) is 1.16. The summed E-state index contributed by atoms with van der Waals surface area (Å²) in [5.41, 5.74) is 6.25. The van der Waals surface area contributed by atoms with Crippen LogP contribution in [0.1, 0.15) is 0 Å². The first kappa shape index (κ1) is 8.67. The van der Waals surface area contributed by atoms with E-state index >= 15 is 0 Å². The summed E-state index contributed by atoms with van der Waals surface area (Å²) in [6.45, 7) is 0. The average Bonchev–Trinajstić information content (AvgIpc) is 2.05. The van der Waals surface area contributed by atoms with Crippen LogP contribution in [0.5, 0.6) is 5.75 Å². The number of halogens is 1. The van der Waals surface area contributed by atoms with Gasteiger partial charge in [0.2, 0.25) is 0 Å². The molecular formula is C7H5ClN2O2. The molecule has 0 aliphatic rings. The minimum atomic E-state index is -0.884. The standard InChI is InChI=1S/C7H5ClN2O2/c8-7(11)12-6-3-1-5(10-9)2-4-6/h1-4,9H. The molecule has 0 fully saturated rings. The van der Waals surface area contributed by atoms with Gasteiger partial charge < -0.3 is 4.74 Å². The number of ether oxygens (including phenoxy) is 1. The third kappa shape index (κ3) is 2.32. The molecule has 1 N–H and O–H groups in total. The van der Waals surface area contributed by atoms with Gasteiger partial charge in [-0.15, -0.1) is 0 Å². The summed E-state index contributed by atoms with van der Waals surface area (Å²) in [5, 5.41) is 3.17. The molecule has 0 amide bonds. The molecule has 12 heavy (non-hydrogen) atoms. The maximum Gasteiger partial charge on any atom is 0.409 e. The third-order valence-corrected chi connectivity index (χ3v) is 1.24. The zero-order valence-corrected chi connectivity index (χ0v) is 6.71. The molecule has 0 atom stereocenters. The Kier molecular flexibility index (Phi) is 2.76. The first-order valence-corrected chi connectivity index (χ1v) is 3.45. The Morgan fingerprint density at radius 3 is 2.42 bits per heavy atom. The molecule has 1 aromatic carbocycles. The monoisotopic (exact) mass is 184 g/mol. The maximum atomic E-state index is 10.3. The smallest absolute Gasteiger partial charge is 0.409 e. The lowest BCUT2D eigenvalue weighted by Crippen LogP contribution is -1.94. The molecule has 0 aliphatic heterocycles. The van der Waals surface area contributed by atoms with Gasteiger partial charge in [0.25, 0.3) is 0 Å². The van der Waals surface area contributed by atoms with Crippen molar-refractivity contribution in [3.63, 3.8) is 0 Å². The Bertz CT molecular complexity index is 297. The van der Waals surface area contributed by atoms with E-state index in [1.54, 1.807) is 12.1 Å². The molecule has 62 valence electrons. The molecule has 0 aromatic heterocycles. The van der Waals surface area contributed by atoms with Crippen LogP contribution in [0.25, 0.3) is 0 Å². The van der Waals surface area contributed by atoms with Crippen LogP contribution in [0, 0.1) is 5.53 Å². The van der Waals surface area contributed by atoms with E-state index in [4.69, 9.17) is 17.1 Å². The highest BCUT2D eigenvalue weighted by Crippen LogP contribution is 2.17. The second kappa shape index (κ2) is 3.82. The molecule has 0 spiro atoms. The maximum absolute atomic E-state index is 10.3. The van der Waals surface area contributed by atoms with Gasteiger partial charge in [-0.25, -0.2) is 10.3 Å². The molecule has 0 unspecified atom stereocenters. The molecule has 1 rings (SSSR count). The summed E-state index contributed by atoms with van der Waals surface area (Å²) in [6.07, 6.45) is 0. The molecule has 4 nitrogen and oxygen atoms in total. The highest BCUT2D eigenvalue weighted by atomic mass is 35.5. The number of nitrogens with zero attached hydrogens (tertiary/aromatic N) is 1. The molecule has 0 saturated heterocycles. The summed E-state index contributed by atoms with van der Waals surface area (Å²) in [5.74, 6) is 0.336. The number of benzene rings is 1. The molecule has 0 radical (unpaired) electrons. The normalized spacial score (nSPS) is 9.08. The first-order valence-electron chi connectivity index (χ1n) is 3.07. The zero-order valence-electron chi connectivity index (χ0n) is 5.95. The van der Waals surface area contributed by atoms with Crippen LogP contribution in [0.2, 0.25) is 0 Å². The summed E-state index contributed by atoms with van der Waals surface area (Å²) in [6, 6.07) is 6.10. The number of hydrogen-bond acceptors (Lipinski definition) is 4. The lowest BCUT2D eigenvalue weighted by atomic mass is 10.3. The zero-order chi connectivity index (χ0) is 8.97. The van der Waals surface area contributed by atoms with Gasteiger partial charge in [-0.05, 0) is 24.3 Å². The van der Waals surface area contributed by atoms with Crippen molar-refractivity contribution in [2.24, 2.45) is 5.11 Å². The van der Waals surface area contributed by atoms with E-state index in [9.17, 15) is 4.79 Å². The predicted octanol–water partition coefficient (Wildman–Crippen LogP) is 3.09. The molecule has 0 bridgehead atoms. The quantitative estimate of drug-likeness (QED) is 0.567. The van der Waals surface area contributed by atoms with Gasteiger partial charge in [0.15, 0.2) is 0 Å². The van der Waals surface area contributed by atoms with E-state index < -0.39 is 5.43 Å². The van der Waals surface area contributed by atoms with Crippen molar-refractivity contribution in [3.8, 4) is 5.75 Å². The van der Waals surface area contributed by atoms with Crippen molar-refractivity contribution in [3.05, 3.63) is 24.3 Å². The number of carbonyl (C=O) groups excluding carboxylic acids is 1. The van der Waals surface area contributed by atoms with Gasteiger partial charge in [-0.2, -0.15) is 5.11 Å². The van der Waals surface area contributed by atoms with Crippen LogP contribution in [-0.4, -0.2) is 5.43 Å². The van der Waals surface area contributed by atoms with Crippen molar-refractivity contribution in [1.82, 2.24) is 0 Å². The fourth-order valence-corrected chi connectivity index (χ4v) is 0.770. The van der Waals surface area contributed by atoms with Crippen LogP contribution in [-0.2, 0) is 0 Å². The van der Waals surface area contributed by atoms with Crippen LogP contribution < -0.4 is 4.74 Å². The van der Waals surface area contributed by atoms with E-state index in [1.807, 2.05) is 0 Å². The van der Waals surface area contributed by atoms with Crippen LogP contribution in [0.15, 0.2) is 29.4 Å². The SMILES string of the molecule is N=Nc1ccc(OC(=O)Cl)cc1. The Morgan fingerprint density at radius 1 is 1.42 bits per heavy atom. The summed E-state index contributed by atoms with van der Waals surface area (Å²) >= 11 is 4.96. The highest BCUT2D eigenvalue weighted by molar-refractivity contribution is 6.61. The predicted molar refractivity (Wildman–Crippen MR) is 43.1 cm³/mol. The Hall–Kier alpha value is -1.42. The van der Waals surface area contributed by atoms with Crippen molar-refractivity contribution in [2.45, 2.75) is 0 Å². The van der Waals surface area contributed by atoms with Gasteiger partial charge in [0.05, 0.1) is 5.69 Å². The van der Waals surface area contributed by atoms with Crippen LogP contribution in [0.3, 0.4) is 0 Å². The van der Waals surface area contributed by atoms with E-state index in [0.717, 1.165) is 0 Å². The van der Waals surface area contributed by atoms with Crippen molar-refractivity contribution >= 4 is 22.7 Å². The van der Waals surface area contributed by atoms with Crippen molar-refractivity contribution in [1.29, 1.82) is 5.53 Å².